The maximum atomic E-state index is 12.1. The number of carbonyl (C=O) groups excluding carboxylic acids is 1. The third-order valence-corrected chi connectivity index (χ3v) is 3.73. The number of aromatic nitrogens is 1. The Kier molecular flexibility index (Phi) is 3.71. The van der Waals surface area contributed by atoms with E-state index in [-0.39, 0.29) is 23.3 Å². The second-order valence-corrected chi connectivity index (χ2v) is 5.54. The Labute approximate surface area is 115 Å². The third-order valence-electron chi connectivity index (χ3n) is 2.64. The van der Waals surface area contributed by atoms with Gasteiger partial charge in [0.1, 0.15) is 10.8 Å². The van der Waals surface area contributed by atoms with Crippen LogP contribution in [0.2, 0.25) is 0 Å². The van der Waals surface area contributed by atoms with E-state index in [1.165, 1.54) is 29.5 Å². The van der Waals surface area contributed by atoms with Crippen molar-refractivity contribution >= 4 is 22.9 Å². The lowest BCUT2D eigenvalue weighted by molar-refractivity contribution is 0.0940. The Morgan fingerprint density at radius 2 is 2.26 bits per heavy atom. The molecule has 1 aromatic heterocycles. The van der Waals surface area contributed by atoms with Crippen molar-refractivity contribution in [3.8, 4) is 5.75 Å². The number of nitrogens with one attached hydrogen (secondary N) is 1. The lowest BCUT2D eigenvalue weighted by atomic mass is 10.1. The standard InChI is InChI=1S/C13H15N3O2S/c1-7-6-15-13(19-7)8(2)16-12(18)10-5-9(17)3-4-11(10)14/h3-6,8,17H,14H2,1-2H3,(H,16,18). The molecule has 1 aromatic carbocycles. The number of aromatic hydroxyl groups is 1. The number of anilines is 1. The molecule has 0 aliphatic rings. The lowest BCUT2D eigenvalue weighted by Gasteiger charge is -2.12. The van der Waals surface area contributed by atoms with Crippen LogP contribution in [0.15, 0.2) is 24.4 Å². The molecule has 0 saturated carbocycles. The van der Waals surface area contributed by atoms with Crippen molar-refractivity contribution in [1.82, 2.24) is 10.3 Å². The van der Waals surface area contributed by atoms with Crippen molar-refractivity contribution in [3.05, 3.63) is 39.8 Å². The van der Waals surface area contributed by atoms with Gasteiger partial charge in [0.15, 0.2) is 0 Å². The third kappa shape index (κ3) is 3.03. The molecule has 1 heterocycles. The van der Waals surface area contributed by atoms with Crippen molar-refractivity contribution in [2.45, 2.75) is 19.9 Å². The van der Waals surface area contributed by atoms with Crippen LogP contribution in [-0.4, -0.2) is 16.0 Å². The number of carbonyl (C=O) groups is 1. The summed E-state index contributed by atoms with van der Waals surface area (Å²) in [4.78, 5) is 17.4. The summed E-state index contributed by atoms with van der Waals surface area (Å²) in [6.07, 6.45) is 1.77. The van der Waals surface area contributed by atoms with Crippen LogP contribution in [-0.2, 0) is 0 Å². The fourth-order valence-electron chi connectivity index (χ4n) is 1.65. The number of phenols is 1. The molecular formula is C13H15N3O2S. The van der Waals surface area contributed by atoms with Crippen molar-refractivity contribution in [2.75, 3.05) is 5.73 Å². The highest BCUT2D eigenvalue weighted by atomic mass is 32.1. The number of benzene rings is 1. The monoisotopic (exact) mass is 277 g/mol. The minimum atomic E-state index is -0.325. The molecule has 1 unspecified atom stereocenters. The average Bonchev–Trinajstić information content (AvgIpc) is 2.79. The summed E-state index contributed by atoms with van der Waals surface area (Å²) < 4.78 is 0. The number of hydrogen-bond acceptors (Lipinski definition) is 5. The number of nitrogens with zero attached hydrogens (tertiary/aromatic N) is 1. The van der Waals surface area contributed by atoms with Crippen LogP contribution in [0.4, 0.5) is 5.69 Å². The first-order chi connectivity index (χ1) is 8.97. The van der Waals surface area contributed by atoms with E-state index >= 15 is 0 Å². The molecule has 5 nitrogen and oxygen atoms in total. The van der Waals surface area contributed by atoms with Crippen LogP contribution in [0, 0.1) is 6.92 Å². The summed E-state index contributed by atoms with van der Waals surface area (Å²) in [5, 5.41) is 13.0. The van der Waals surface area contributed by atoms with Gasteiger partial charge in [-0.05, 0) is 32.0 Å². The maximum absolute atomic E-state index is 12.1. The molecule has 0 aliphatic carbocycles. The predicted octanol–water partition coefficient (Wildman–Crippen LogP) is 2.23. The van der Waals surface area contributed by atoms with Gasteiger partial charge in [-0.15, -0.1) is 11.3 Å². The number of hydrogen-bond donors (Lipinski definition) is 3. The Morgan fingerprint density at radius 1 is 1.53 bits per heavy atom. The van der Waals surface area contributed by atoms with Crippen LogP contribution in [0.3, 0.4) is 0 Å². The molecule has 2 aromatic rings. The number of thiazole rings is 1. The normalized spacial score (nSPS) is 12.1. The van der Waals surface area contributed by atoms with Crippen LogP contribution in [0.5, 0.6) is 5.75 Å². The summed E-state index contributed by atoms with van der Waals surface area (Å²) in [5.41, 5.74) is 6.32. The van der Waals surface area contributed by atoms with E-state index in [2.05, 4.69) is 10.3 Å². The highest BCUT2D eigenvalue weighted by Crippen LogP contribution is 2.22. The average molecular weight is 277 g/mol. The zero-order chi connectivity index (χ0) is 14.0. The Balaban J connectivity index is 2.15. The Hall–Kier alpha value is -2.08. The molecule has 0 bridgehead atoms. The summed E-state index contributed by atoms with van der Waals surface area (Å²) in [7, 11) is 0. The molecule has 6 heteroatoms. The molecule has 0 spiro atoms. The first kappa shape index (κ1) is 13.4. The number of phenolic OH excluding ortho intramolecular Hbond substituents is 1. The van der Waals surface area contributed by atoms with Crippen LogP contribution < -0.4 is 11.1 Å². The predicted molar refractivity (Wildman–Crippen MR) is 75.3 cm³/mol. The minimum absolute atomic E-state index is 0.0112. The number of aryl methyl sites for hydroxylation is 1. The number of rotatable bonds is 3. The minimum Gasteiger partial charge on any atom is -0.508 e. The van der Waals surface area contributed by atoms with Crippen molar-refractivity contribution in [1.29, 1.82) is 0 Å². The van der Waals surface area contributed by atoms with Gasteiger partial charge in [-0.25, -0.2) is 4.98 Å². The lowest BCUT2D eigenvalue weighted by Crippen LogP contribution is -2.27. The second-order valence-electron chi connectivity index (χ2n) is 4.28. The van der Waals surface area contributed by atoms with Gasteiger partial charge >= 0.3 is 0 Å². The second kappa shape index (κ2) is 5.27. The van der Waals surface area contributed by atoms with E-state index in [0.29, 0.717) is 5.69 Å². The fourth-order valence-corrected chi connectivity index (χ4v) is 2.43. The molecule has 0 saturated heterocycles. The van der Waals surface area contributed by atoms with E-state index in [1.54, 1.807) is 6.20 Å². The summed E-state index contributed by atoms with van der Waals surface area (Å²) in [6.45, 7) is 3.82. The first-order valence-corrected chi connectivity index (χ1v) is 6.60. The van der Waals surface area contributed by atoms with E-state index in [4.69, 9.17) is 5.73 Å². The van der Waals surface area contributed by atoms with Gasteiger partial charge in [0, 0.05) is 16.8 Å². The summed E-state index contributed by atoms with van der Waals surface area (Å²) in [5.74, 6) is -0.314. The number of nitrogens with two attached hydrogens (primary N) is 1. The molecule has 0 aliphatic heterocycles. The Morgan fingerprint density at radius 3 is 2.89 bits per heavy atom. The quantitative estimate of drug-likeness (QED) is 0.593. The summed E-state index contributed by atoms with van der Waals surface area (Å²) >= 11 is 1.53. The highest BCUT2D eigenvalue weighted by molar-refractivity contribution is 7.11. The van der Waals surface area contributed by atoms with Crippen LogP contribution in [0.25, 0.3) is 0 Å². The molecule has 1 atom stereocenters. The molecule has 1 amide bonds. The Bertz CT molecular complexity index is 610. The topological polar surface area (TPSA) is 88.2 Å². The number of amides is 1. The molecule has 100 valence electrons. The highest BCUT2D eigenvalue weighted by Gasteiger charge is 2.16. The molecule has 2 rings (SSSR count). The van der Waals surface area contributed by atoms with Crippen LogP contribution >= 0.6 is 11.3 Å². The van der Waals surface area contributed by atoms with Gasteiger partial charge in [0.05, 0.1) is 11.6 Å². The van der Waals surface area contributed by atoms with E-state index in [9.17, 15) is 9.90 Å². The van der Waals surface area contributed by atoms with Gasteiger partial charge in [-0.3, -0.25) is 4.79 Å². The molecule has 19 heavy (non-hydrogen) atoms. The molecule has 0 radical (unpaired) electrons. The van der Waals surface area contributed by atoms with Crippen molar-refractivity contribution in [3.63, 3.8) is 0 Å². The van der Waals surface area contributed by atoms with Crippen molar-refractivity contribution < 1.29 is 9.90 Å². The SMILES string of the molecule is Cc1cnc(C(C)NC(=O)c2cc(O)ccc2N)s1. The number of nitrogen functional groups attached to an aromatic ring is 1. The first-order valence-electron chi connectivity index (χ1n) is 5.79. The van der Waals surface area contributed by atoms with E-state index < -0.39 is 0 Å². The maximum Gasteiger partial charge on any atom is 0.254 e. The van der Waals surface area contributed by atoms with Crippen LogP contribution in [0.1, 0.15) is 33.2 Å². The zero-order valence-electron chi connectivity index (χ0n) is 10.7. The molecule has 0 fully saturated rings. The largest absolute Gasteiger partial charge is 0.508 e. The van der Waals surface area contributed by atoms with E-state index in [1.807, 2.05) is 13.8 Å². The summed E-state index contributed by atoms with van der Waals surface area (Å²) in [6, 6.07) is 4.10. The van der Waals surface area contributed by atoms with Gasteiger partial charge < -0.3 is 16.2 Å². The molecular weight excluding hydrogens is 262 g/mol. The van der Waals surface area contributed by atoms with Gasteiger partial charge in [-0.1, -0.05) is 0 Å². The van der Waals surface area contributed by atoms with Gasteiger partial charge in [-0.2, -0.15) is 0 Å². The smallest absolute Gasteiger partial charge is 0.254 e. The fraction of sp³-hybridized carbons (Fsp3) is 0.231. The van der Waals surface area contributed by atoms with Gasteiger partial charge in [0.25, 0.3) is 5.91 Å². The molecule has 4 N–H and O–H groups in total. The zero-order valence-corrected chi connectivity index (χ0v) is 11.5. The van der Waals surface area contributed by atoms with Crippen molar-refractivity contribution in [2.24, 2.45) is 0 Å². The van der Waals surface area contributed by atoms with E-state index in [0.717, 1.165) is 9.88 Å². The van der Waals surface area contributed by atoms with Gasteiger partial charge in [0.2, 0.25) is 0 Å².